The predicted molar refractivity (Wildman–Crippen MR) is 176 cm³/mol. The Labute approximate surface area is 249 Å². The van der Waals surface area contributed by atoms with Crippen LogP contribution in [0.1, 0.15) is 108 Å². The third-order valence-corrected chi connectivity index (χ3v) is 9.11. The van der Waals surface area contributed by atoms with Crippen molar-refractivity contribution in [2.75, 3.05) is 6.61 Å². The van der Waals surface area contributed by atoms with Crippen LogP contribution in [0.2, 0.25) is 0 Å². The van der Waals surface area contributed by atoms with Crippen molar-refractivity contribution in [3.8, 4) is 16.9 Å². The van der Waals surface area contributed by atoms with Gasteiger partial charge in [0.05, 0.1) is 12.0 Å². The summed E-state index contributed by atoms with van der Waals surface area (Å²) in [5.74, 6) is 1.01. The highest BCUT2D eigenvalue weighted by atomic mass is 16.5. The Hall–Kier alpha value is -3.32. The van der Waals surface area contributed by atoms with Gasteiger partial charge in [-0.1, -0.05) is 135 Å². The molecule has 0 aromatic heterocycles. The van der Waals surface area contributed by atoms with Gasteiger partial charge in [0.15, 0.2) is 0 Å². The predicted octanol–water partition coefficient (Wildman–Crippen LogP) is 11.1. The van der Waals surface area contributed by atoms with Crippen molar-refractivity contribution in [2.45, 2.75) is 98.3 Å². The third kappa shape index (κ3) is 5.74. The van der Waals surface area contributed by atoms with E-state index in [1.165, 1.54) is 106 Å². The fraction of sp³-hybridized carbons (Fsp3) is 0.400. The molecule has 1 heteroatoms. The molecule has 41 heavy (non-hydrogen) atoms. The van der Waals surface area contributed by atoms with Crippen molar-refractivity contribution in [1.29, 1.82) is 0 Å². The Kier molecular flexibility index (Phi) is 9.03. The van der Waals surface area contributed by atoms with Crippen LogP contribution in [-0.2, 0) is 5.41 Å². The van der Waals surface area contributed by atoms with Crippen LogP contribution in [0.15, 0.2) is 72.8 Å². The zero-order valence-corrected chi connectivity index (χ0v) is 26.2. The van der Waals surface area contributed by atoms with Crippen LogP contribution < -0.4 is 4.74 Å². The minimum Gasteiger partial charge on any atom is -0.493 e. The fourth-order valence-corrected chi connectivity index (χ4v) is 6.91. The fourth-order valence-electron chi connectivity index (χ4n) is 6.91. The molecule has 4 aromatic rings. The van der Waals surface area contributed by atoms with E-state index in [4.69, 9.17) is 4.74 Å². The van der Waals surface area contributed by atoms with Gasteiger partial charge in [-0.05, 0) is 91.6 Å². The van der Waals surface area contributed by atoms with Crippen LogP contribution in [-0.4, -0.2) is 6.61 Å². The SMILES string of the molecule is CCCCCCCCCCOc1ccc(C2(c3cc(C)ccc3C)c3cc(C)ccc3-c3ccc(C)cc32)cc1C. The van der Waals surface area contributed by atoms with Crippen molar-refractivity contribution in [1.82, 2.24) is 0 Å². The molecule has 5 rings (SSSR count). The van der Waals surface area contributed by atoms with Gasteiger partial charge < -0.3 is 4.74 Å². The van der Waals surface area contributed by atoms with Gasteiger partial charge in [-0.2, -0.15) is 0 Å². The van der Waals surface area contributed by atoms with E-state index in [2.05, 4.69) is 114 Å². The Morgan fingerprint density at radius 3 is 1.63 bits per heavy atom. The average Bonchev–Trinajstić information content (AvgIpc) is 3.23. The maximum atomic E-state index is 6.36. The molecular weight excluding hydrogens is 496 g/mol. The summed E-state index contributed by atoms with van der Waals surface area (Å²) in [7, 11) is 0. The number of hydrogen-bond donors (Lipinski definition) is 0. The van der Waals surface area contributed by atoms with Crippen molar-refractivity contribution in [3.05, 3.63) is 123 Å². The number of hydrogen-bond acceptors (Lipinski definition) is 1. The standard InChI is InChI=1S/C40H48O/c1-7-8-9-10-11-12-13-14-23-41-39-22-19-33(27-32(39)6)40(36-24-28(2)15-18-31(36)5)37-25-29(3)16-20-34(37)35-21-17-30(4)26-38(35)40/h15-22,24-27H,7-14,23H2,1-6H3. The van der Waals surface area contributed by atoms with Gasteiger partial charge in [0.25, 0.3) is 0 Å². The van der Waals surface area contributed by atoms with E-state index in [0.29, 0.717) is 0 Å². The van der Waals surface area contributed by atoms with Crippen LogP contribution in [0.25, 0.3) is 11.1 Å². The quantitative estimate of drug-likeness (QED) is 0.142. The number of ether oxygens (including phenoxy) is 1. The van der Waals surface area contributed by atoms with Gasteiger partial charge in [-0.15, -0.1) is 0 Å². The molecule has 0 heterocycles. The lowest BCUT2D eigenvalue weighted by Crippen LogP contribution is -2.30. The van der Waals surface area contributed by atoms with E-state index in [0.717, 1.165) is 18.8 Å². The van der Waals surface area contributed by atoms with Crippen LogP contribution in [0, 0.1) is 34.6 Å². The molecule has 0 radical (unpaired) electrons. The minimum absolute atomic E-state index is 0.375. The lowest BCUT2D eigenvalue weighted by Gasteiger charge is -2.36. The number of fused-ring (bicyclic) bond motifs is 3. The molecule has 0 aliphatic heterocycles. The van der Waals surface area contributed by atoms with E-state index >= 15 is 0 Å². The van der Waals surface area contributed by atoms with Crippen LogP contribution >= 0.6 is 0 Å². The number of benzene rings is 4. The molecule has 0 saturated carbocycles. The normalized spacial score (nSPS) is 13.2. The molecule has 0 spiro atoms. The first-order valence-electron chi connectivity index (χ1n) is 15.9. The highest BCUT2D eigenvalue weighted by Crippen LogP contribution is 2.57. The summed E-state index contributed by atoms with van der Waals surface area (Å²) in [6.07, 6.45) is 10.5. The maximum Gasteiger partial charge on any atom is 0.122 e. The summed E-state index contributed by atoms with van der Waals surface area (Å²) < 4.78 is 6.36. The molecule has 1 aliphatic carbocycles. The number of rotatable bonds is 12. The second-order valence-corrected chi connectivity index (χ2v) is 12.5. The molecule has 0 saturated heterocycles. The third-order valence-electron chi connectivity index (χ3n) is 9.11. The van der Waals surface area contributed by atoms with Crippen LogP contribution in [0.4, 0.5) is 0 Å². The average molecular weight is 545 g/mol. The van der Waals surface area contributed by atoms with Gasteiger partial charge in [0.1, 0.15) is 5.75 Å². The van der Waals surface area contributed by atoms with Crippen LogP contribution in [0.5, 0.6) is 5.75 Å². The summed E-state index contributed by atoms with van der Waals surface area (Å²) in [5.41, 5.74) is 14.2. The summed E-state index contributed by atoms with van der Waals surface area (Å²) >= 11 is 0. The second-order valence-electron chi connectivity index (χ2n) is 12.5. The Bertz CT molecular complexity index is 1460. The largest absolute Gasteiger partial charge is 0.493 e. The topological polar surface area (TPSA) is 9.23 Å². The second kappa shape index (κ2) is 12.7. The molecule has 1 nitrogen and oxygen atoms in total. The lowest BCUT2D eigenvalue weighted by molar-refractivity contribution is 0.302. The first-order valence-corrected chi connectivity index (χ1v) is 15.9. The van der Waals surface area contributed by atoms with E-state index < -0.39 is 0 Å². The van der Waals surface area contributed by atoms with Crippen molar-refractivity contribution in [2.24, 2.45) is 0 Å². The molecule has 0 amide bonds. The number of aryl methyl sites for hydroxylation is 5. The van der Waals surface area contributed by atoms with Crippen molar-refractivity contribution in [3.63, 3.8) is 0 Å². The highest BCUT2D eigenvalue weighted by molar-refractivity contribution is 5.87. The Balaban J connectivity index is 1.52. The Morgan fingerprint density at radius 1 is 0.512 bits per heavy atom. The van der Waals surface area contributed by atoms with E-state index in [-0.39, 0.29) is 5.41 Å². The monoisotopic (exact) mass is 544 g/mol. The zero-order valence-electron chi connectivity index (χ0n) is 26.2. The van der Waals surface area contributed by atoms with E-state index in [1.54, 1.807) is 0 Å². The van der Waals surface area contributed by atoms with Gasteiger partial charge in [-0.25, -0.2) is 0 Å². The molecule has 0 fully saturated rings. The maximum absolute atomic E-state index is 6.36. The zero-order chi connectivity index (χ0) is 29.0. The van der Waals surface area contributed by atoms with Gasteiger partial charge in [-0.3, -0.25) is 0 Å². The molecule has 0 N–H and O–H groups in total. The van der Waals surface area contributed by atoms with Gasteiger partial charge in [0, 0.05) is 0 Å². The van der Waals surface area contributed by atoms with Crippen LogP contribution in [0.3, 0.4) is 0 Å². The molecule has 4 aromatic carbocycles. The number of unbranched alkanes of at least 4 members (excludes halogenated alkanes) is 7. The Morgan fingerprint density at radius 2 is 1.05 bits per heavy atom. The summed E-state index contributed by atoms with van der Waals surface area (Å²) in [4.78, 5) is 0. The molecule has 0 bridgehead atoms. The lowest BCUT2D eigenvalue weighted by atomic mass is 9.65. The van der Waals surface area contributed by atoms with Gasteiger partial charge in [0.2, 0.25) is 0 Å². The summed E-state index contributed by atoms with van der Waals surface area (Å²) in [5, 5.41) is 0. The van der Waals surface area contributed by atoms with Gasteiger partial charge >= 0.3 is 0 Å². The summed E-state index contributed by atoms with van der Waals surface area (Å²) in [6.45, 7) is 14.2. The molecule has 214 valence electrons. The highest BCUT2D eigenvalue weighted by Gasteiger charge is 2.47. The summed E-state index contributed by atoms with van der Waals surface area (Å²) in [6, 6.07) is 27.9. The van der Waals surface area contributed by atoms with E-state index in [1.807, 2.05) is 0 Å². The first-order chi connectivity index (χ1) is 19.9. The molecular formula is C40H48O. The first kappa shape index (κ1) is 29.2. The smallest absolute Gasteiger partial charge is 0.122 e. The molecule has 0 atom stereocenters. The van der Waals surface area contributed by atoms with Crippen molar-refractivity contribution < 1.29 is 4.74 Å². The molecule has 1 aliphatic rings. The van der Waals surface area contributed by atoms with E-state index in [9.17, 15) is 0 Å². The minimum atomic E-state index is -0.375. The molecule has 0 unspecified atom stereocenters. The van der Waals surface area contributed by atoms with Crippen molar-refractivity contribution >= 4 is 0 Å².